The molecule has 0 unspecified atom stereocenters. The standard InChI is InChI=1S/C20H17FN2O4/c1-12(24)22-16-11-15(7-8-18(16)26-2)23-20(25)19-10-9-17(27-19)13-3-5-14(21)6-4-13/h3-11H,1-2H3,(H,22,24)(H,23,25). The third-order valence-corrected chi connectivity index (χ3v) is 3.73. The number of rotatable bonds is 5. The maximum absolute atomic E-state index is 13.0. The van der Waals surface area contributed by atoms with Crippen molar-refractivity contribution in [1.82, 2.24) is 0 Å². The Labute approximate surface area is 155 Å². The van der Waals surface area contributed by atoms with Gasteiger partial charge in [0.15, 0.2) is 5.76 Å². The largest absolute Gasteiger partial charge is 0.495 e. The van der Waals surface area contributed by atoms with Gasteiger partial charge in [0.2, 0.25) is 5.91 Å². The van der Waals surface area contributed by atoms with Crippen molar-refractivity contribution < 1.29 is 23.1 Å². The highest BCUT2D eigenvalue weighted by molar-refractivity contribution is 6.03. The summed E-state index contributed by atoms with van der Waals surface area (Å²) in [6, 6.07) is 13.8. The first-order valence-corrected chi connectivity index (χ1v) is 8.09. The first kappa shape index (κ1) is 18.2. The number of carbonyl (C=O) groups is 2. The van der Waals surface area contributed by atoms with Gasteiger partial charge in [-0.3, -0.25) is 9.59 Å². The summed E-state index contributed by atoms with van der Waals surface area (Å²) < 4.78 is 23.7. The number of hydrogen-bond donors (Lipinski definition) is 2. The van der Waals surface area contributed by atoms with Gasteiger partial charge in [0, 0.05) is 18.2 Å². The van der Waals surface area contributed by atoms with E-state index in [9.17, 15) is 14.0 Å². The highest BCUT2D eigenvalue weighted by atomic mass is 19.1. The van der Waals surface area contributed by atoms with Crippen molar-refractivity contribution in [2.45, 2.75) is 6.92 Å². The average Bonchev–Trinajstić information content (AvgIpc) is 3.12. The van der Waals surface area contributed by atoms with Crippen molar-refractivity contribution in [3.63, 3.8) is 0 Å². The fourth-order valence-electron chi connectivity index (χ4n) is 2.49. The summed E-state index contributed by atoms with van der Waals surface area (Å²) in [6.07, 6.45) is 0. The minimum atomic E-state index is -0.456. The minimum absolute atomic E-state index is 0.103. The zero-order valence-corrected chi connectivity index (χ0v) is 14.7. The quantitative estimate of drug-likeness (QED) is 0.703. The van der Waals surface area contributed by atoms with Crippen LogP contribution in [0.5, 0.6) is 5.75 Å². The number of halogens is 1. The Morgan fingerprint density at radius 2 is 1.74 bits per heavy atom. The second-order valence-corrected chi connectivity index (χ2v) is 5.72. The third kappa shape index (κ3) is 4.33. The fourth-order valence-corrected chi connectivity index (χ4v) is 2.49. The maximum atomic E-state index is 13.0. The van der Waals surface area contributed by atoms with E-state index in [1.807, 2.05) is 0 Å². The van der Waals surface area contributed by atoms with E-state index in [1.165, 1.54) is 32.2 Å². The highest BCUT2D eigenvalue weighted by Gasteiger charge is 2.14. The van der Waals surface area contributed by atoms with Gasteiger partial charge in [-0.15, -0.1) is 0 Å². The number of nitrogens with one attached hydrogen (secondary N) is 2. The predicted octanol–water partition coefficient (Wildman–Crippen LogP) is 4.31. The van der Waals surface area contributed by atoms with Crippen LogP contribution in [0.1, 0.15) is 17.5 Å². The number of ether oxygens (including phenoxy) is 1. The Morgan fingerprint density at radius 3 is 2.41 bits per heavy atom. The van der Waals surface area contributed by atoms with Crippen LogP contribution in [0.15, 0.2) is 59.0 Å². The van der Waals surface area contributed by atoms with Gasteiger partial charge < -0.3 is 19.8 Å². The summed E-state index contributed by atoms with van der Waals surface area (Å²) >= 11 is 0. The smallest absolute Gasteiger partial charge is 0.291 e. The summed E-state index contributed by atoms with van der Waals surface area (Å²) in [5.41, 5.74) is 1.56. The van der Waals surface area contributed by atoms with Crippen molar-refractivity contribution in [1.29, 1.82) is 0 Å². The van der Waals surface area contributed by atoms with E-state index in [1.54, 1.807) is 36.4 Å². The molecule has 0 bridgehead atoms. The highest BCUT2D eigenvalue weighted by Crippen LogP contribution is 2.28. The summed E-state index contributed by atoms with van der Waals surface area (Å²) in [6.45, 7) is 1.38. The molecular weight excluding hydrogens is 351 g/mol. The van der Waals surface area contributed by atoms with Gasteiger partial charge in [0.1, 0.15) is 17.3 Å². The first-order chi connectivity index (χ1) is 13.0. The molecule has 138 valence electrons. The lowest BCUT2D eigenvalue weighted by molar-refractivity contribution is -0.114. The predicted molar refractivity (Wildman–Crippen MR) is 99.4 cm³/mol. The van der Waals surface area contributed by atoms with Gasteiger partial charge in [-0.05, 0) is 54.6 Å². The molecule has 6 nitrogen and oxygen atoms in total. The minimum Gasteiger partial charge on any atom is -0.495 e. The van der Waals surface area contributed by atoms with E-state index in [0.29, 0.717) is 28.4 Å². The molecule has 0 atom stereocenters. The van der Waals surface area contributed by atoms with Crippen molar-refractivity contribution in [2.24, 2.45) is 0 Å². The van der Waals surface area contributed by atoms with Crippen molar-refractivity contribution >= 4 is 23.2 Å². The number of amides is 2. The Morgan fingerprint density at radius 1 is 1.00 bits per heavy atom. The molecule has 2 aromatic carbocycles. The lowest BCUT2D eigenvalue weighted by atomic mass is 10.2. The second-order valence-electron chi connectivity index (χ2n) is 5.72. The van der Waals surface area contributed by atoms with Crippen LogP contribution in [0.4, 0.5) is 15.8 Å². The molecule has 0 saturated heterocycles. The van der Waals surface area contributed by atoms with Crippen LogP contribution >= 0.6 is 0 Å². The SMILES string of the molecule is COc1ccc(NC(=O)c2ccc(-c3ccc(F)cc3)o2)cc1NC(C)=O. The second kappa shape index (κ2) is 7.74. The molecule has 2 N–H and O–H groups in total. The molecule has 0 aliphatic heterocycles. The zero-order chi connectivity index (χ0) is 19.4. The topological polar surface area (TPSA) is 80.6 Å². The van der Waals surface area contributed by atoms with Crippen LogP contribution < -0.4 is 15.4 Å². The Kier molecular flexibility index (Phi) is 5.21. The number of benzene rings is 2. The lowest BCUT2D eigenvalue weighted by Gasteiger charge is -2.11. The molecule has 0 aliphatic rings. The third-order valence-electron chi connectivity index (χ3n) is 3.73. The molecule has 0 fully saturated rings. The van der Waals surface area contributed by atoms with Gasteiger partial charge in [-0.2, -0.15) is 0 Å². The molecule has 1 heterocycles. The molecule has 0 spiro atoms. The number of methoxy groups -OCH3 is 1. The summed E-state index contributed by atoms with van der Waals surface area (Å²) in [5, 5.41) is 5.34. The zero-order valence-electron chi connectivity index (χ0n) is 14.7. The summed E-state index contributed by atoms with van der Waals surface area (Å²) in [5.74, 6) is -0.0355. The number of furan rings is 1. The van der Waals surface area contributed by atoms with E-state index in [-0.39, 0.29) is 17.5 Å². The molecule has 0 aliphatic carbocycles. The van der Waals surface area contributed by atoms with Gasteiger partial charge in [-0.25, -0.2) is 4.39 Å². The summed E-state index contributed by atoms with van der Waals surface area (Å²) in [7, 11) is 1.48. The molecule has 3 rings (SSSR count). The van der Waals surface area contributed by atoms with E-state index < -0.39 is 5.91 Å². The van der Waals surface area contributed by atoms with Crippen LogP contribution in [-0.4, -0.2) is 18.9 Å². The van der Waals surface area contributed by atoms with E-state index in [4.69, 9.17) is 9.15 Å². The van der Waals surface area contributed by atoms with Crippen LogP contribution in [-0.2, 0) is 4.79 Å². The molecule has 27 heavy (non-hydrogen) atoms. The first-order valence-electron chi connectivity index (χ1n) is 8.09. The summed E-state index contributed by atoms with van der Waals surface area (Å²) in [4.78, 5) is 23.7. The molecular formula is C20H17FN2O4. The molecule has 0 radical (unpaired) electrons. The van der Waals surface area contributed by atoms with Crippen LogP contribution in [0.2, 0.25) is 0 Å². The van der Waals surface area contributed by atoms with E-state index in [0.717, 1.165) is 0 Å². The van der Waals surface area contributed by atoms with E-state index in [2.05, 4.69) is 10.6 Å². The number of carbonyl (C=O) groups excluding carboxylic acids is 2. The number of anilines is 2. The maximum Gasteiger partial charge on any atom is 0.291 e. The molecule has 3 aromatic rings. The molecule has 2 amide bonds. The Balaban J connectivity index is 1.77. The van der Waals surface area contributed by atoms with Crippen LogP contribution in [0, 0.1) is 5.82 Å². The van der Waals surface area contributed by atoms with Gasteiger partial charge in [-0.1, -0.05) is 0 Å². The molecule has 1 aromatic heterocycles. The normalized spacial score (nSPS) is 10.3. The molecule has 7 heteroatoms. The van der Waals surface area contributed by atoms with E-state index >= 15 is 0 Å². The average molecular weight is 368 g/mol. The van der Waals surface area contributed by atoms with Crippen molar-refractivity contribution in [3.05, 3.63) is 66.2 Å². The van der Waals surface area contributed by atoms with Crippen molar-refractivity contribution in [2.75, 3.05) is 17.7 Å². The van der Waals surface area contributed by atoms with Crippen LogP contribution in [0.3, 0.4) is 0 Å². The Hall–Kier alpha value is -3.61. The molecule has 0 saturated carbocycles. The lowest BCUT2D eigenvalue weighted by Crippen LogP contribution is -2.12. The van der Waals surface area contributed by atoms with Gasteiger partial charge in [0.25, 0.3) is 5.91 Å². The number of hydrogen-bond acceptors (Lipinski definition) is 4. The van der Waals surface area contributed by atoms with Gasteiger partial charge in [0.05, 0.1) is 12.8 Å². The fraction of sp³-hybridized carbons (Fsp3) is 0.100. The van der Waals surface area contributed by atoms with Crippen LogP contribution in [0.25, 0.3) is 11.3 Å². The Bertz CT molecular complexity index is 980. The van der Waals surface area contributed by atoms with Crippen molar-refractivity contribution in [3.8, 4) is 17.1 Å². The van der Waals surface area contributed by atoms with Gasteiger partial charge >= 0.3 is 0 Å². The monoisotopic (exact) mass is 368 g/mol.